The number of fused-ring (bicyclic) bond motifs is 1. The third-order valence-electron chi connectivity index (χ3n) is 4.86. The summed E-state index contributed by atoms with van der Waals surface area (Å²) < 4.78 is 13.1. The average molecular weight is 352 g/mol. The van der Waals surface area contributed by atoms with E-state index in [0.29, 0.717) is 5.82 Å². The number of piperidine rings is 1. The van der Waals surface area contributed by atoms with Gasteiger partial charge in [-0.2, -0.15) is 0 Å². The molecule has 1 atom stereocenters. The Bertz CT molecular complexity index is 935. The lowest BCUT2D eigenvalue weighted by Gasteiger charge is -2.28. The smallest absolute Gasteiger partial charge is 0.228 e. The lowest BCUT2D eigenvalue weighted by molar-refractivity contribution is -0.121. The second kappa shape index (κ2) is 6.88. The van der Waals surface area contributed by atoms with Crippen molar-refractivity contribution in [2.45, 2.75) is 12.8 Å². The molecule has 3 aromatic rings. The summed E-state index contributed by atoms with van der Waals surface area (Å²) in [6.07, 6.45) is 1.98. The lowest BCUT2D eigenvalue weighted by Crippen LogP contribution is -2.38. The van der Waals surface area contributed by atoms with Crippen molar-refractivity contribution in [3.63, 3.8) is 0 Å². The fraction of sp³-hybridized carbons (Fsp3) is 0.300. The van der Waals surface area contributed by atoms with Crippen LogP contribution < -0.4 is 5.32 Å². The number of nitrogens with one attached hydrogen (secondary N) is 2. The van der Waals surface area contributed by atoms with Gasteiger partial charge in [-0.1, -0.05) is 0 Å². The van der Waals surface area contributed by atoms with Crippen LogP contribution in [0.2, 0.25) is 0 Å². The summed E-state index contributed by atoms with van der Waals surface area (Å²) in [7, 11) is 2.05. The Hall–Kier alpha value is -2.73. The van der Waals surface area contributed by atoms with Gasteiger partial charge in [0, 0.05) is 17.8 Å². The molecule has 0 bridgehead atoms. The third-order valence-corrected chi connectivity index (χ3v) is 4.86. The Balaban J connectivity index is 1.54. The van der Waals surface area contributed by atoms with Crippen molar-refractivity contribution in [1.29, 1.82) is 0 Å². The zero-order chi connectivity index (χ0) is 18.1. The molecule has 6 heteroatoms. The number of amides is 1. The Morgan fingerprint density at radius 1 is 1.27 bits per heavy atom. The minimum Gasteiger partial charge on any atom is -0.338 e. The summed E-state index contributed by atoms with van der Waals surface area (Å²) in [6, 6.07) is 11.8. The van der Waals surface area contributed by atoms with Gasteiger partial charge in [0.05, 0.1) is 17.0 Å². The van der Waals surface area contributed by atoms with E-state index in [9.17, 15) is 9.18 Å². The summed E-state index contributed by atoms with van der Waals surface area (Å²) in [5, 5.41) is 3.02. The highest BCUT2D eigenvalue weighted by molar-refractivity contribution is 5.95. The predicted molar refractivity (Wildman–Crippen MR) is 100 cm³/mol. The molecule has 1 aliphatic heterocycles. The van der Waals surface area contributed by atoms with Crippen LogP contribution in [0.5, 0.6) is 0 Å². The summed E-state index contributed by atoms with van der Waals surface area (Å²) in [4.78, 5) is 22.5. The molecular formula is C20H21FN4O. The molecule has 2 heterocycles. The van der Waals surface area contributed by atoms with E-state index in [4.69, 9.17) is 0 Å². The number of benzene rings is 2. The van der Waals surface area contributed by atoms with E-state index in [-0.39, 0.29) is 17.6 Å². The number of aromatic amines is 1. The van der Waals surface area contributed by atoms with E-state index in [1.165, 1.54) is 12.1 Å². The fourth-order valence-electron chi connectivity index (χ4n) is 3.46. The number of H-pyrrole nitrogens is 1. The van der Waals surface area contributed by atoms with Crippen LogP contribution in [0.4, 0.5) is 10.1 Å². The van der Waals surface area contributed by atoms with Gasteiger partial charge in [-0.05, 0) is 68.9 Å². The first-order valence-corrected chi connectivity index (χ1v) is 8.83. The normalized spacial score (nSPS) is 18.2. The van der Waals surface area contributed by atoms with Gasteiger partial charge in [-0.3, -0.25) is 4.79 Å². The summed E-state index contributed by atoms with van der Waals surface area (Å²) in [5.74, 6) is 0.496. The van der Waals surface area contributed by atoms with E-state index in [2.05, 4.69) is 20.2 Å². The number of hydrogen-bond donors (Lipinski definition) is 2. The molecule has 4 rings (SSSR count). The predicted octanol–water partition coefficient (Wildman–Crippen LogP) is 3.65. The number of anilines is 1. The zero-order valence-corrected chi connectivity index (χ0v) is 14.6. The van der Waals surface area contributed by atoms with Crippen LogP contribution in [-0.2, 0) is 4.79 Å². The number of rotatable bonds is 3. The number of hydrogen-bond acceptors (Lipinski definition) is 3. The molecule has 26 heavy (non-hydrogen) atoms. The first-order chi connectivity index (χ1) is 12.6. The van der Waals surface area contributed by atoms with Crippen molar-refractivity contribution in [2.75, 3.05) is 25.5 Å². The van der Waals surface area contributed by atoms with Crippen molar-refractivity contribution in [3.8, 4) is 11.4 Å². The van der Waals surface area contributed by atoms with Crippen molar-refractivity contribution < 1.29 is 9.18 Å². The Morgan fingerprint density at radius 3 is 2.85 bits per heavy atom. The molecule has 1 amide bonds. The highest BCUT2D eigenvalue weighted by Gasteiger charge is 2.24. The largest absolute Gasteiger partial charge is 0.338 e. The maximum atomic E-state index is 13.1. The van der Waals surface area contributed by atoms with Gasteiger partial charge in [0.15, 0.2) is 0 Å². The Kier molecular flexibility index (Phi) is 4.42. The van der Waals surface area contributed by atoms with Gasteiger partial charge in [-0.25, -0.2) is 9.37 Å². The Morgan fingerprint density at radius 2 is 2.08 bits per heavy atom. The summed E-state index contributed by atoms with van der Waals surface area (Å²) in [6.45, 7) is 1.85. The van der Waals surface area contributed by atoms with Crippen LogP contribution in [0.15, 0.2) is 42.5 Å². The van der Waals surface area contributed by atoms with Gasteiger partial charge in [0.1, 0.15) is 11.6 Å². The minimum absolute atomic E-state index is 0.0287. The van der Waals surface area contributed by atoms with Gasteiger partial charge < -0.3 is 15.2 Å². The number of likely N-dealkylation sites (tertiary alicyclic amines) is 1. The number of nitrogens with zero attached hydrogens (tertiary/aromatic N) is 2. The van der Waals surface area contributed by atoms with Crippen molar-refractivity contribution in [3.05, 3.63) is 48.3 Å². The van der Waals surface area contributed by atoms with Crippen LogP contribution in [-0.4, -0.2) is 40.9 Å². The van der Waals surface area contributed by atoms with Gasteiger partial charge in [0.2, 0.25) is 5.91 Å². The molecule has 0 saturated carbocycles. The lowest BCUT2D eigenvalue weighted by atomic mass is 9.97. The molecule has 1 aliphatic rings. The highest BCUT2D eigenvalue weighted by atomic mass is 19.1. The van der Waals surface area contributed by atoms with Gasteiger partial charge in [0.25, 0.3) is 0 Å². The van der Waals surface area contributed by atoms with E-state index in [0.717, 1.165) is 48.2 Å². The van der Waals surface area contributed by atoms with Crippen molar-refractivity contribution in [2.24, 2.45) is 5.92 Å². The van der Waals surface area contributed by atoms with E-state index < -0.39 is 0 Å². The Labute approximate surface area is 151 Å². The van der Waals surface area contributed by atoms with Gasteiger partial charge >= 0.3 is 0 Å². The second-order valence-corrected chi connectivity index (χ2v) is 6.91. The van der Waals surface area contributed by atoms with Crippen molar-refractivity contribution >= 4 is 22.6 Å². The molecule has 1 aromatic heterocycles. The quantitative estimate of drug-likeness (QED) is 0.756. The first-order valence-electron chi connectivity index (χ1n) is 8.83. The molecule has 134 valence electrons. The molecule has 0 spiro atoms. The molecule has 5 nitrogen and oxygen atoms in total. The molecule has 0 aliphatic carbocycles. The van der Waals surface area contributed by atoms with E-state index in [1.54, 1.807) is 12.1 Å². The SMILES string of the molecule is CN1CCC[C@@H](C(=O)Nc2ccc3nc(-c4ccc(F)cc4)[nH]c3c2)C1. The van der Waals surface area contributed by atoms with E-state index >= 15 is 0 Å². The van der Waals surface area contributed by atoms with Crippen LogP contribution in [0.25, 0.3) is 22.4 Å². The van der Waals surface area contributed by atoms with Gasteiger partial charge in [-0.15, -0.1) is 0 Å². The molecule has 0 radical (unpaired) electrons. The maximum Gasteiger partial charge on any atom is 0.228 e. The highest BCUT2D eigenvalue weighted by Crippen LogP contribution is 2.24. The molecule has 1 saturated heterocycles. The summed E-state index contributed by atoms with van der Waals surface area (Å²) in [5.41, 5.74) is 3.21. The molecule has 0 unspecified atom stereocenters. The third kappa shape index (κ3) is 3.46. The van der Waals surface area contributed by atoms with Crippen LogP contribution in [0.3, 0.4) is 0 Å². The number of imidazole rings is 1. The van der Waals surface area contributed by atoms with Crippen LogP contribution in [0, 0.1) is 11.7 Å². The van der Waals surface area contributed by atoms with E-state index in [1.807, 2.05) is 25.2 Å². The number of carbonyl (C=O) groups is 1. The standard InChI is InChI=1S/C20H21FN4O/c1-25-10-2-3-14(12-25)20(26)22-16-8-9-17-18(11-16)24-19(23-17)13-4-6-15(21)7-5-13/h4-9,11,14H,2-3,10,12H2,1H3,(H,22,26)(H,23,24)/t14-/m1/s1. The number of aromatic nitrogens is 2. The summed E-state index contributed by atoms with van der Waals surface area (Å²) >= 11 is 0. The maximum absolute atomic E-state index is 13.1. The molecular weight excluding hydrogens is 331 g/mol. The van der Waals surface area contributed by atoms with Crippen LogP contribution >= 0.6 is 0 Å². The first kappa shape index (κ1) is 16.7. The number of halogens is 1. The van der Waals surface area contributed by atoms with Crippen molar-refractivity contribution in [1.82, 2.24) is 14.9 Å². The topological polar surface area (TPSA) is 61.0 Å². The molecule has 1 fully saturated rings. The minimum atomic E-state index is -0.275. The zero-order valence-electron chi connectivity index (χ0n) is 14.6. The number of carbonyl (C=O) groups excluding carboxylic acids is 1. The second-order valence-electron chi connectivity index (χ2n) is 6.91. The average Bonchev–Trinajstić information content (AvgIpc) is 3.05. The fourth-order valence-corrected chi connectivity index (χ4v) is 3.46. The molecule has 2 N–H and O–H groups in total. The monoisotopic (exact) mass is 352 g/mol. The molecule has 2 aromatic carbocycles. The van der Waals surface area contributed by atoms with Crippen LogP contribution in [0.1, 0.15) is 12.8 Å².